The SMILES string of the molecule is COc1ccc(NC(=O)c2cc3cc(C4(O)CCN(Cc5cccc(C)n5)CC4)ccc3o2)cc1. The van der Waals surface area contributed by atoms with E-state index >= 15 is 0 Å². The van der Waals surface area contributed by atoms with Gasteiger partial charge in [0.25, 0.3) is 5.91 Å². The van der Waals surface area contributed by atoms with Gasteiger partial charge in [0.05, 0.1) is 18.4 Å². The zero-order valence-corrected chi connectivity index (χ0v) is 20.0. The Labute approximate surface area is 204 Å². The fourth-order valence-corrected chi connectivity index (χ4v) is 4.60. The van der Waals surface area contributed by atoms with Gasteiger partial charge >= 0.3 is 0 Å². The normalized spacial score (nSPS) is 15.7. The van der Waals surface area contributed by atoms with Crippen molar-refractivity contribution in [1.82, 2.24) is 9.88 Å². The average Bonchev–Trinajstić information content (AvgIpc) is 3.30. The number of carbonyl (C=O) groups is 1. The van der Waals surface area contributed by atoms with Gasteiger partial charge in [-0.2, -0.15) is 0 Å². The quantitative estimate of drug-likeness (QED) is 0.417. The Morgan fingerprint density at radius 2 is 1.89 bits per heavy atom. The number of rotatable bonds is 6. The molecule has 1 aliphatic rings. The van der Waals surface area contributed by atoms with Crippen molar-refractivity contribution in [3.63, 3.8) is 0 Å². The molecule has 1 saturated heterocycles. The number of hydrogen-bond acceptors (Lipinski definition) is 6. The van der Waals surface area contributed by atoms with Gasteiger partial charge in [-0.05, 0) is 79.9 Å². The second kappa shape index (κ2) is 9.52. The molecule has 35 heavy (non-hydrogen) atoms. The molecule has 4 aromatic rings. The number of nitrogens with zero attached hydrogens (tertiary/aromatic N) is 2. The molecule has 0 radical (unpaired) electrons. The molecule has 1 fully saturated rings. The third kappa shape index (κ3) is 5.06. The van der Waals surface area contributed by atoms with Crippen LogP contribution in [0.1, 0.15) is 40.3 Å². The zero-order valence-electron chi connectivity index (χ0n) is 20.0. The molecular weight excluding hydrogens is 442 g/mol. The maximum atomic E-state index is 12.7. The number of benzene rings is 2. The summed E-state index contributed by atoms with van der Waals surface area (Å²) in [6, 6.07) is 20.6. The van der Waals surface area contributed by atoms with Crippen molar-refractivity contribution < 1.29 is 19.1 Å². The minimum Gasteiger partial charge on any atom is -0.497 e. The number of amides is 1. The highest BCUT2D eigenvalue weighted by molar-refractivity contribution is 6.04. The van der Waals surface area contributed by atoms with Crippen LogP contribution in [0.25, 0.3) is 11.0 Å². The van der Waals surface area contributed by atoms with Crippen LogP contribution in [0.3, 0.4) is 0 Å². The van der Waals surface area contributed by atoms with E-state index in [0.29, 0.717) is 24.1 Å². The van der Waals surface area contributed by atoms with Crippen LogP contribution in [0.2, 0.25) is 0 Å². The summed E-state index contributed by atoms with van der Waals surface area (Å²) in [7, 11) is 1.60. The topological polar surface area (TPSA) is 87.8 Å². The number of aryl methyl sites for hydroxylation is 1. The molecule has 0 bridgehead atoms. The Morgan fingerprint density at radius 3 is 2.60 bits per heavy atom. The summed E-state index contributed by atoms with van der Waals surface area (Å²) in [4.78, 5) is 19.6. The Bertz CT molecular complexity index is 1340. The van der Waals surface area contributed by atoms with Crippen molar-refractivity contribution in [1.29, 1.82) is 0 Å². The van der Waals surface area contributed by atoms with Crippen LogP contribution in [0.5, 0.6) is 5.75 Å². The van der Waals surface area contributed by atoms with Gasteiger partial charge in [0, 0.05) is 36.4 Å². The van der Waals surface area contributed by atoms with Gasteiger partial charge in [0.2, 0.25) is 0 Å². The second-order valence-electron chi connectivity index (χ2n) is 9.12. The number of ether oxygens (including phenoxy) is 1. The number of pyridine rings is 1. The molecule has 0 atom stereocenters. The van der Waals surface area contributed by atoms with Crippen LogP contribution in [-0.2, 0) is 12.1 Å². The molecule has 2 aromatic carbocycles. The molecule has 0 aliphatic carbocycles. The van der Waals surface area contributed by atoms with Crippen molar-refractivity contribution in [2.75, 3.05) is 25.5 Å². The van der Waals surface area contributed by atoms with Gasteiger partial charge in [-0.3, -0.25) is 14.7 Å². The van der Waals surface area contributed by atoms with Crippen LogP contribution in [0.4, 0.5) is 5.69 Å². The van der Waals surface area contributed by atoms with Crippen LogP contribution >= 0.6 is 0 Å². The highest BCUT2D eigenvalue weighted by atomic mass is 16.5. The molecule has 0 unspecified atom stereocenters. The summed E-state index contributed by atoms with van der Waals surface area (Å²) < 4.78 is 10.9. The lowest BCUT2D eigenvalue weighted by molar-refractivity contribution is -0.0278. The molecule has 5 rings (SSSR count). The second-order valence-corrected chi connectivity index (χ2v) is 9.12. The molecule has 0 saturated carbocycles. The zero-order chi connectivity index (χ0) is 24.4. The summed E-state index contributed by atoms with van der Waals surface area (Å²) in [6.45, 7) is 4.35. The lowest BCUT2D eigenvalue weighted by Gasteiger charge is -2.38. The van der Waals surface area contributed by atoms with Gasteiger partial charge in [-0.25, -0.2) is 0 Å². The monoisotopic (exact) mass is 471 g/mol. The predicted octanol–water partition coefficient (Wildman–Crippen LogP) is 4.88. The van der Waals surface area contributed by atoms with Crippen molar-refractivity contribution in [3.05, 3.63) is 89.4 Å². The minimum atomic E-state index is -0.909. The van der Waals surface area contributed by atoms with Crippen molar-refractivity contribution in [3.8, 4) is 5.75 Å². The van der Waals surface area contributed by atoms with Gasteiger partial charge in [0.1, 0.15) is 11.3 Å². The number of fused-ring (bicyclic) bond motifs is 1. The standard InChI is InChI=1S/C28H29N3O4/c1-19-4-3-5-23(29-19)18-31-14-12-28(33,13-15-31)21-6-11-25-20(16-21)17-26(35-25)27(32)30-22-7-9-24(34-2)10-8-22/h3-11,16-17,33H,12-15,18H2,1-2H3,(H,30,32). The van der Waals surface area contributed by atoms with E-state index in [1.54, 1.807) is 37.4 Å². The fourth-order valence-electron chi connectivity index (χ4n) is 4.60. The Balaban J connectivity index is 1.26. The Morgan fingerprint density at radius 1 is 1.11 bits per heavy atom. The third-order valence-corrected chi connectivity index (χ3v) is 6.64. The molecule has 0 spiro atoms. The van der Waals surface area contributed by atoms with Gasteiger partial charge in [0.15, 0.2) is 5.76 Å². The molecule has 3 heterocycles. The van der Waals surface area contributed by atoms with Crippen LogP contribution < -0.4 is 10.1 Å². The van der Waals surface area contributed by atoms with Crippen molar-refractivity contribution >= 4 is 22.6 Å². The average molecular weight is 472 g/mol. The summed E-state index contributed by atoms with van der Waals surface area (Å²) in [5.41, 5.74) is 3.27. The fraction of sp³-hybridized carbons (Fsp3) is 0.286. The first-order valence-electron chi connectivity index (χ1n) is 11.8. The lowest BCUT2D eigenvalue weighted by Crippen LogP contribution is -2.42. The first-order chi connectivity index (χ1) is 16.9. The molecule has 2 N–H and O–H groups in total. The molecule has 7 heteroatoms. The van der Waals surface area contributed by atoms with Crippen LogP contribution in [0.15, 0.2) is 71.1 Å². The number of methoxy groups -OCH3 is 1. The molecule has 180 valence electrons. The van der Waals surface area contributed by atoms with E-state index in [-0.39, 0.29) is 11.7 Å². The molecular formula is C28H29N3O4. The van der Waals surface area contributed by atoms with Crippen LogP contribution in [-0.4, -0.2) is 41.1 Å². The third-order valence-electron chi connectivity index (χ3n) is 6.64. The van der Waals surface area contributed by atoms with E-state index in [4.69, 9.17) is 9.15 Å². The first-order valence-corrected chi connectivity index (χ1v) is 11.8. The number of carbonyl (C=O) groups excluding carboxylic acids is 1. The van der Waals surface area contributed by atoms with E-state index in [1.165, 1.54) is 0 Å². The highest BCUT2D eigenvalue weighted by Gasteiger charge is 2.34. The number of anilines is 1. The smallest absolute Gasteiger partial charge is 0.291 e. The number of hydrogen-bond donors (Lipinski definition) is 2. The Kier molecular flexibility index (Phi) is 6.28. The number of likely N-dealkylation sites (tertiary alicyclic amines) is 1. The van der Waals surface area contributed by atoms with E-state index in [0.717, 1.165) is 47.7 Å². The minimum absolute atomic E-state index is 0.223. The van der Waals surface area contributed by atoms with Gasteiger partial charge < -0.3 is 19.6 Å². The number of nitrogens with one attached hydrogen (secondary N) is 1. The number of piperidine rings is 1. The summed E-state index contributed by atoms with van der Waals surface area (Å²) in [5.74, 6) is 0.611. The van der Waals surface area contributed by atoms with Crippen LogP contribution in [0, 0.1) is 6.92 Å². The molecule has 7 nitrogen and oxygen atoms in total. The number of aliphatic hydroxyl groups is 1. The molecule has 1 amide bonds. The van der Waals surface area contributed by atoms with Crippen molar-refractivity contribution in [2.45, 2.75) is 31.9 Å². The summed E-state index contributed by atoms with van der Waals surface area (Å²) in [5, 5.41) is 15.1. The van der Waals surface area contributed by atoms with Gasteiger partial charge in [-0.1, -0.05) is 12.1 Å². The molecule has 2 aromatic heterocycles. The van der Waals surface area contributed by atoms with E-state index in [1.807, 2.05) is 43.3 Å². The van der Waals surface area contributed by atoms with E-state index < -0.39 is 5.60 Å². The van der Waals surface area contributed by atoms with Crippen molar-refractivity contribution in [2.24, 2.45) is 0 Å². The summed E-state index contributed by atoms with van der Waals surface area (Å²) >= 11 is 0. The Hall–Kier alpha value is -3.68. The first kappa shape index (κ1) is 23.1. The maximum absolute atomic E-state index is 12.7. The lowest BCUT2D eigenvalue weighted by atomic mass is 9.84. The molecule has 1 aliphatic heterocycles. The van der Waals surface area contributed by atoms with E-state index in [2.05, 4.69) is 15.2 Å². The maximum Gasteiger partial charge on any atom is 0.291 e. The van der Waals surface area contributed by atoms with Gasteiger partial charge in [-0.15, -0.1) is 0 Å². The number of furan rings is 1. The summed E-state index contributed by atoms with van der Waals surface area (Å²) in [6.07, 6.45) is 1.26. The predicted molar refractivity (Wildman–Crippen MR) is 135 cm³/mol. The largest absolute Gasteiger partial charge is 0.497 e. The highest BCUT2D eigenvalue weighted by Crippen LogP contribution is 2.35. The van der Waals surface area contributed by atoms with E-state index in [9.17, 15) is 9.90 Å². The number of aromatic nitrogens is 1.